The molecule has 0 radical (unpaired) electrons. The molecule has 0 aromatic carbocycles. The van der Waals surface area contributed by atoms with Crippen LogP contribution in [0.4, 0.5) is 17.7 Å². The number of pyridine rings is 2. The van der Waals surface area contributed by atoms with Crippen molar-refractivity contribution in [2.24, 2.45) is 7.05 Å². The number of morpholine rings is 1. The SMILES string of the molecule is CN1CCCC12CN(c1nc3nc(N4CCOCC4)oc3cc1C(=O)Nc1cccc(-c3cnn(C)c3)n1)C2. The van der Waals surface area contributed by atoms with E-state index in [2.05, 4.69) is 37.2 Å². The van der Waals surface area contributed by atoms with Gasteiger partial charge in [0.15, 0.2) is 5.58 Å². The summed E-state index contributed by atoms with van der Waals surface area (Å²) in [6.07, 6.45) is 5.98. The number of carbonyl (C=O) groups is 1. The van der Waals surface area contributed by atoms with Gasteiger partial charge in [0.25, 0.3) is 11.9 Å². The maximum atomic E-state index is 13.7. The van der Waals surface area contributed by atoms with Crippen LogP contribution in [-0.2, 0) is 11.8 Å². The van der Waals surface area contributed by atoms with E-state index in [0.29, 0.717) is 60.7 Å². The Hall–Kier alpha value is -4.03. The number of hydrogen-bond donors (Lipinski definition) is 1. The molecule has 3 fully saturated rings. The molecule has 0 aliphatic carbocycles. The van der Waals surface area contributed by atoms with E-state index in [4.69, 9.17) is 14.1 Å². The van der Waals surface area contributed by atoms with Crippen LogP contribution in [0.2, 0.25) is 0 Å². The first-order valence-electron chi connectivity index (χ1n) is 13.4. The van der Waals surface area contributed by atoms with Gasteiger partial charge in [-0.25, -0.2) is 9.97 Å². The molecule has 3 saturated heterocycles. The number of ether oxygens (including phenoxy) is 1. The van der Waals surface area contributed by atoms with Gasteiger partial charge in [0.1, 0.15) is 11.6 Å². The summed E-state index contributed by atoms with van der Waals surface area (Å²) in [5.41, 5.74) is 3.18. The highest BCUT2D eigenvalue weighted by Crippen LogP contribution is 2.40. The van der Waals surface area contributed by atoms with E-state index < -0.39 is 0 Å². The second-order valence-corrected chi connectivity index (χ2v) is 10.6. The van der Waals surface area contributed by atoms with Gasteiger partial charge in [0.05, 0.1) is 36.2 Å². The molecule has 39 heavy (non-hydrogen) atoms. The van der Waals surface area contributed by atoms with Crippen LogP contribution in [0, 0.1) is 0 Å². The molecule has 0 atom stereocenters. The Balaban J connectivity index is 1.22. The van der Waals surface area contributed by atoms with Crippen molar-refractivity contribution >= 4 is 34.8 Å². The Morgan fingerprint density at radius 3 is 2.64 bits per heavy atom. The summed E-state index contributed by atoms with van der Waals surface area (Å²) in [6, 6.07) is 7.81. The number of likely N-dealkylation sites (tertiary alicyclic amines) is 1. The summed E-state index contributed by atoms with van der Waals surface area (Å²) in [5, 5.41) is 7.20. The van der Waals surface area contributed by atoms with Crippen molar-refractivity contribution in [1.29, 1.82) is 0 Å². The van der Waals surface area contributed by atoms with Gasteiger partial charge < -0.3 is 24.3 Å². The summed E-state index contributed by atoms with van der Waals surface area (Å²) < 4.78 is 13.3. The highest BCUT2D eigenvalue weighted by atomic mass is 16.5. The predicted octanol–water partition coefficient (Wildman–Crippen LogP) is 2.39. The standard InChI is InChI=1S/C27H31N9O3/c1-33-8-4-7-27(33)16-36(17-27)24-19(13-21-23(31-24)32-26(39-21)35-9-11-38-12-10-35)25(37)30-22-6-3-5-20(29-22)18-14-28-34(2)15-18/h3,5-6,13-15H,4,7-12,16-17H2,1-2H3,(H,29,30,37). The van der Waals surface area contributed by atoms with Crippen molar-refractivity contribution in [2.45, 2.75) is 18.4 Å². The number of nitrogens with zero attached hydrogens (tertiary/aromatic N) is 8. The van der Waals surface area contributed by atoms with Crippen LogP contribution in [0.15, 0.2) is 41.1 Å². The Morgan fingerprint density at radius 1 is 1.05 bits per heavy atom. The van der Waals surface area contributed by atoms with Crippen molar-refractivity contribution in [1.82, 2.24) is 29.6 Å². The normalized spacial score (nSPS) is 19.1. The van der Waals surface area contributed by atoms with Gasteiger partial charge in [-0.1, -0.05) is 6.07 Å². The van der Waals surface area contributed by atoms with E-state index in [1.54, 1.807) is 23.0 Å². The molecule has 3 aliphatic heterocycles. The molecular formula is C27H31N9O3. The maximum absolute atomic E-state index is 13.7. The monoisotopic (exact) mass is 529 g/mol. The zero-order valence-corrected chi connectivity index (χ0v) is 22.1. The summed E-state index contributed by atoms with van der Waals surface area (Å²) >= 11 is 0. The van der Waals surface area contributed by atoms with Crippen LogP contribution >= 0.6 is 0 Å². The van der Waals surface area contributed by atoms with Crippen LogP contribution in [-0.4, -0.2) is 94.1 Å². The molecule has 7 rings (SSSR count). The Kier molecular flexibility index (Phi) is 5.74. The van der Waals surface area contributed by atoms with E-state index in [9.17, 15) is 4.79 Å². The lowest BCUT2D eigenvalue weighted by atomic mass is 9.87. The summed E-state index contributed by atoms with van der Waals surface area (Å²) in [5.74, 6) is 0.783. The molecule has 7 heterocycles. The smallest absolute Gasteiger partial charge is 0.300 e. The maximum Gasteiger partial charge on any atom is 0.300 e. The van der Waals surface area contributed by atoms with Gasteiger partial charge in [-0.05, 0) is 38.6 Å². The molecule has 4 aromatic heterocycles. The number of aryl methyl sites for hydroxylation is 1. The molecule has 0 bridgehead atoms. The zero-order valence-electron chi connectivity index (χ0n) is 22.1. The second-order valence-electron chi connectivity index (χ2n) is 10.6. The minimum absolute atomic E-state index is 0.146. The number of hydrogen-bond acceptors (Lipinski definition) is 10. The quantitative estimate of drug-likeness (QED) is 0.413. The van der Waals surface area contributed by atoms with Gasteiger partial charge in [-0.2, -0.15) is 10.1 Å². The number of likely N-dealkylation sites (N-methyl/N-ethyl adjacent to an activating group) is 1. The zero-order chi connectivity index (χ0) is 26.6. The lowest BCUT2D eigenvalue weighted by molar-refractivity contribution is 0.102. The lowest BCUT2D eigenvalue weighted by Crippen LogP contribution is -2.67. The number of fused-ring (bicyclic) bond motifs is 1. The molecule has 1 spiro atoms. The Bertz CT molecular complexity index is 1530. The average Bonchev–Trinajstić information content (AvgIpc) is 3.65. The highest BCUT2D eigenvalue weighted by molar-refractivity contribution is 6.09. The number of aromatic nitrogens is 5. The van der Waals surface area contributed by atoms with E-state index in [1.807, 2.05) is 30.3 Å². The number of carbonyl (C=O) groups excluding carboxylic acids is 1. The molecule has 12 nitrogen and oxygen atoms in total. The molecule has 202 valence electrons. The van der Waals surface area contributed by atoms with Crippen molar-refractivity contribution in [3.63, 3.8) is 0 Å². The molecule has 1 N–H and O–H groups in total. The molecule has 0 unspecified atom stereocenters. The van der Waals surface area contributed by atoms with Crippen molar-refractivity contribution in [2.75, 3.05) is 68.1 Å². The van der Waals surface area contributed by atoms with Crippen LogP contribution < -0.4 is 15.1 Å². The van der Waals surface area contributed by atoms with Gasteiger partial charge in [-0.15, -0.1) is 0 Å². The van der Waals surface area contributed by atoms with E-state index in [1.165, 1.54) is 6.42 Å². The third kappa shape index (κ3) is 4.29. The van der Waals surface area contributed by atoms with E-state index >= 15 is 0 Å². The van der Waals surface area contributed by atoms with E-state index in [0.717, 1.165) is 37.3 Å². The second kappa shape index (κ2) is 9.31. The average molecular weight is 530 g/mol. The molecule has 12 heteroatoms. The first-order valence-corrected chi connectivity index (χ1v) is 13.4. The number of anilines is 3. The number of nitrogens with one attached hydrogen (secondary N) is 1. The fourth-order valence-electron chi connectivity index (χ4n) is 5.83. The van der Waals surface area contributed by atoms with Gasteiger partial charge in [0, 0.05) is 51.1 Å². The highest BCUT2D eigenvalue weighted by Gasteiger charge is 2.49. The predicted molar refractivity (Wildman–Crippen MR) is 146 cm³/mol. The number of amides is 1. The molecule has 0 saturated carbocycles. The van der Waals surface area contributed by atoms with Gasteiger partial charge in [0.2, 0.25) is 5.65 Å². The number of oxazole rings is 1. The third-order valence-corrected chi connectivity index (χ3v) is 8.08. The minimum atomic E-state index is -0.291. The number of rotatable bonds is 5. The Labute approximate surface area is 225 Å². The molecule has 1 amide bonds. The van der Waals surface area contributed by atoms with Crippen molar-refractivity contribution in [3.05, 3.63) is 42.2 Å². The molecular weight excluding hydrogens is 498 g/mol. The Morgan fingerprint density at radius 2 is 1.90 bits per heavy atom. The summed E-state index contributed by atoms with van der Waals surface area (Å²) in [6.45, 7) is 5.40. The molecule has 4 aromatic rings. The largest absolute Gasteiger partial charge is 0.422 e. The van der Waals surface area contributed by atoms with Crippen molar-refractivity contribution < 1.29 is 13.9 Å². The van der Waals surface area contributed by atoms with E-state index in [-0.39, 0.29) is 11.4 Å². The lowest BCUT2D eigenvalue weighted by Gasteiger charge is -2.52. The topological polar surface area (TPSA) is 118 Å². The van der Waals surface area contributed by atoms with Crippen molar-refractivity contribution in [3.8, 4) is 11.3 Å². The summed E-state index contributed by atoms with van der Waals surface area (Å²) in [4.78, 5) is 34.6. The van der Waals surface area contributed by atoms with Crippen LogP contribution in [0.1, 0.15) is 23.2 Å². The van der Waals surface area contributed by atoms with Crippen LogP contribution in [0.25, 0.3) is 22.5 Å². The van der Waals surface area contributed by atoms with Gasteiger partial charge in [-0.3, -0.25) is 14.4 Å². The van der Waals surface area contributed by atoms with Gasteiger partial charge >= 0.3 is 0 Å². The first-order chi connectivity index (χ1) is 19.0. The fraction of sp³-hybridized carbons (Fsp3) is 0.444. The molecule has 3 aliphatic rings. The van der Waals surface area contributed by atoms with Crippen LogP contribution in [0.5, 0.6) is 0 Å². The van der Waals surface area contributed by atoms with Crippen LogP contribution in [0.3, 0.4) is 0 Å². The fourth-order valence-corrected chi connectivity index (χ4v) is 5.83. The summed E-state index contributed by atoms with van der Waals surface area (Å²) in [7, 11) is 4.04. The third-order valence-electron chi connectivity index (χ3n) is 8.08. The minimum Gasteiger partial charge on any atom is -0.422 e. The first kappa shape index (κ1) is 24.0.